The van der Waals surface area contributed by atoms with E-state index in [2.05, 4.69) is 5.18 Å². The van der Waals surface area contributed by atoms with Gasteiger partial charge in [0.05, 0.1) is 6.42 Å². The van der Waals surface area contributed by atoms with Crippen molar-refractivity contribution in [1.82, 2.24) is 0 Å². The third-order valence-corrected chi connectivity index (χ3v) is 3.79. The van der Waals surface area contributed by atoms with Gasteiger partial charge in [0.15, 0.2) is 0 Å². The molecule has 0 aromatic heterocycles. The van der Waals surface area contributed by atoms with E-state index < -0.39 is 0 Å². The Kier molecular flexibility index (Phi) is 2.76. The van der Waals surface area contributed by atoms with Gasteiger partial charge in [0.25, 0.3) is 0 Å². The molecule has 0 fully saturated rings. The number of nitroso groups, excluding NO2 is 1. The first-order chi connectivity index (χ1) is 8.29. The van der Waals surface area contributed by atoms with Crippen LogP contribution in [0.1, 0.15) is 42.5 Å². The van der Waals surface area contributed by atoms with Gasteiger partial charge in [-0.1, -0.05) is 13.8 Å². The minimum atomic E-state index is -0.327. The van der Waals surface area contributed by atoms with Gasteiger partial charge in [-0.2, -0.15) is 0 Å². The quantitative estimate of drug-likeness (QED) is 0.433. The van der Waals surface area contributed by atoms with E-state index in [-0.39, 0.29) is 11.4 Å². The summed E-state index contributed by atoms with van der Waals surface area (Å²) in [6, 6.07) is 0. The molecule has 1 aliphatic rings. The van der Waals surface area contributed by atoms with E-state index in [1.807, 2.05) is 34.6 Å². The zero-order valence-electron chi connectivity index (χ0n) is 11.4. The van der Waals surface area contributed by atoms with Crippen LogP contribution in [-0.4, -0.2) is 5.97 Å². The number of nitrogens with zero attached hydrogens (tertiary/aromatic N) is 1. The third-order valence-electron chi connectivity index (χ3n) is 3.79. The Morgan fingerprint density at radius 1 is 1.11 bits per heavy atom. The normalized spacial score (nSPS) is 17.1. The zero-order valence-corrected chi connectivity index (χ0v) is 11.4. The number of ether oxygens (including phenoxy) is 1. The van der Waals surface area contributed by atoms with Crippen LogP contribution in [0.25, 0.3) is 0 Å². The molecule has 0 N–H and O–H groups in total. The number of rotatable bonds is 1. The van der Waals surface area contributed by atoms with Crippen LogP contribution in [0.15, 0.2) is 5.18 Å². The summed E-state index contributed by atoms with van der Waals surface area (Å²) in [5.41, 5.74) is 3.50. The summed E-state index contributed by atoms with van der Waals surface area (Å²) in [5, 5.41) is 3.13. The maximum atomic E-state index is 11.7. The highest BCUT2D eigenvalue weighted by molar-refractivity contribution is 5.81. The van der Waals surface area contributed by atoms with Gasteiger partial charge in [-0.05, 0) is 42.6 Å². The molecule has 0 atom stereocenters. The summed E-state index contributed by atoms with van der Waals surface area (Å²) in [6.07, 6.45) is 0.321. The number of hydrogen-bond acceptors (Lipinski definition) is 4. The van der Waals surface area contributed by atoms with E-state index in [4.69, 9.17) is 4.74 Å². The molecule has 0 saturated heterocycles. The topological polar surface area (TPSA) is 55.7 Å². The molecule has 4 heteroatoms. The van der Waals surface area contributed by atoms with E-state index in [1.165, 1.54) is 0 Å². The molecule has 4 nitrogen and oxygen atoms in total. The van der Waals surface area contributed by atoms with Crippen LogP contribution >= 0.6 is 0 Å². The fraction of sp³-hybridized carbons (Fsp3) is 0.500. The first kappa shape index (κ1) is 12.7. The molecular weight excluding hydrogens is 230 g/mol. The number of esters is 1. The summed E-state index contributed by atoms with van der Waals surface area (Å²) in [7, 11) is 0. The van der Waals surface area contributed by atoms with Crippen LogP contribution in [0.5, 0.6) is 5.75 Å². The minimum absolute atomic E-state index is 0.221. The maximum absolute atomic E-state index is 11.7. The van der Waals surface area contributed by atoms with Gasteiger partial charge >= 0.3 is 5.97 Å². The molecular formula is C14H17NO3. The summed E-state index contributed by atoms with van der Waals surface area (Å²) in [6.45, 7) is 9.53. The predicted molar refractivity (Wildman–Crippen MR) is 69.4 cm³/mol. The number of carbonyl (C=O) groups is 1. The molecule has 0 bridgehead atoms. The largest absolute Gasteiger partial charge is 0.426 e. The first-order valence-corrected chi connectivity index (χ1v) is 5.98. The van der Waals surface area contributed by atoms with Crippen LogP contribution < -0.4 is 4.74 Å². The predicted octanol–water partition coefficient (Wildman–Crippen LogP) is 3.60. The van der Waals surface area contributed by atoms with Crippen LogP contribution in [0.2, 0.25) is 0 Å². The van der Waals surface area contributed by atoms with Gasteiger partial charge in [-0.25, -0.2) is 0 Å². The molecule has 18 heavy (non-hydrogen) atoms. The SMILES string of the molecule is Cc1c(C)c2c(c(C)c1N=O)C(C)(C)CC(=O)O2. The lowest BCUT2D eigenvalue weighted by Gasteiger charge is -2.34. The van der Waals surface area contributed by atoms with E-state index in [0.29, 0.717) is 17.9 Å². The zero-order chi connectivity index (χ0) is 13.7. The summed E-state index contributed by atoms with van der Waals surface area (Å²) >= 11 is 0. The summed E-state index contributed by atoms with van der Waals surface area (Å²) < 4.78 is 5.38. The second kappa shape index (κ2) is 3.90. The van der Waals surface area contributed by atoms with Gasteiger partial charge < -0.3 is 4.74 Å². The second-order valence-electron chi connectivity index (χ2n) is 5.55. The fourth-order valence-electron chi connectivity index (χ4n) is 2.78. The van der Waals surface area contributed by atoms with Crippen molar-refractivity contribution in [3.05, 3.63) is 27.2 Å². The van der Waals surface area contributed by atoms with Crippen LogP contribution in [0, 0.1) is 25.7 Å². The van der Waals surface area contributed by atoms with Crippen molar-refractivity contribution < 1.29 is 9.53 Å². The summed E-state index contributed by atoms with van der Waals surface area (Å²) in [5.74, 6) is 0.389. The molecule has 1 aromatic rings. The molecule has 0 aliphatic carbocycles. The molecule has 0 saturated carbocycles. The van der Waals surface area contributed by atoms with E-state index in [1.54, 1.807) is 0 Å². The molecule has 1 heterocycles. The van der Waals surface area contributed by atoms with Gasteiger partial charge in [-0.3, -0.25) is 4.79 Å². The van der Waals surface area contributed by atoms with E-state index in [0.717, 1.165) is 22.3 Å². The average molecular weight is 247 g/mol. The molecule has 1 aliphatic heterocycles. The van der Waals surface area contributed by atoms with Gasteiger partial charge in [0, 0.05) is 11.0 Å². The van der Waals surface area contributed by atoms with Crippen molar-refractivity contribution in [3.63, 3.8) is 0 Å². The van der Waals surface area contributed by atoms with Crippen molar-refractivity contribution in [2.24, 2.45) is 5.18 Å². The Hall–Kier alpha value is -1.71. The Bertz CT molecular complexity index is 559. The number of carbonyl (C=O) groups excluding carboxylic acids is 1. The second-order valence-corrected chi connectivity index (χ2v) is 5.55. The molecule has 1 aromatic carbocycles. The first-order valence-electron chi connectivity index (χ1n) is 5.98. The fourth-order valence-corrected chi connectivity index (χ4v) is 2.78. The third kappa shape index (κ3) is 1.64. The lowest BCUT2D eigenvalue weighted by molar-refractivity contribution is -0.137. The van der Waals surface area contributed by atoms with Crippen LogP contribution in [-0.2, 0) is 10.2 Å². The van der Waals surface area contributed by atoms with Crippen LogP contribution in [0.3, 0.4) is 0 Å². The number of hydrogen-bond donors (Lipinski definition) is 0. The molecule has 96 valence electrons. The van der Waals surface area contributed by atoms with E-state index in [9.17, 15) is 9.70 Å². The Morgan fingerprint density at radius 2 is 1.72 bits per heavy atom. The molecule has 0 radical (unpaired) electrons. The maximum Gasteiger partial charge on any atom is 0.312 e. The van der Waals surface area contributed by atoms with Crippen molar-refractivity contribution in [1.29, 1.82) is 0 Å². The van der Waals surface area contributed by atoms with Crippen molar-refractivity contribution >= 4 is 11.7 Å². The van der Waals surface area contributed by atoms with Gasteiger partial charge in [0.2, 0.25) is 0 Å². The average Bonchev–Trinajstić information content (AvgIpc) is 2.24. The number of fused-ring (bicyclic) bond motifs is 1. The molecule has 0 unspecified atom stereocenters. The molecule has 0 spiro atoms. The Balaban J connectivity index is 2.87. The monoisotopic (exact) mass is 247 g/mol. The standard InChI is InChI=1S/C14H17NO3/c1-7-8(2)13-11(9(3)12(7)15-17)14(4,5)6-10(16)18-13/h6H2,1-5H3. The lowest BCUT2D eigenvalue weighted by atomic mass is 9.75. The van der Waals surface area contributed by atoms with Crippen molar-refractivity contribution in [2.45, 2.75) is 46.5 Å². The van der Waals surface area contributed by atoms with Gasteiger partial charge in [0.1, 0.15) is 11.4 Å². The Labute approximate surface area is 106 Å². The Morgan fingerprint density at radius 3 is 2.28 bits per heavy atom. The number of benzene rings is 1. The lowest BCUT2D eigenvalue weighted by Crippen LogP contribution is -2.32. The van der Waals surface area contributed by atoms with Crippen molar-refractivity contribution in [2.75, 3.05) is 0 Å². The minimum Gasteiger partial charge on any atom is -0.426 e. The smallest absolute Gasteiger partial charge is 0.312 e. The molecule has 2 rings (SSSR count). The van der Waals surface area contributed by atoms with Crippen molar-refractivity contribution in [3.8, 4) is 5.75 Å². The highest BCUT2D eigenvalue weighted by atomic mass is 16.5. The van der Waals surface area contributed by atoms with Gasteiger partial charge in [-0.15, -0.1) is 4.91 Å². The van der Waals surface area contributed by atoms with Crippen LogP contribution in [0.4, 0.5) is 5.69 Å². The highest BCUT2D eigenvalue weighted by Crippen LogP contribution is 2.47. The molecule has 0 amide bonds. The van der Waals surface area contributed by atoms with E-state index >= 15 is 0 Å². The summed E-state index contributed by atoms with van der Waals surface area (Å²) in [4.78, 5) is 22.7. The highest BCUT2D eigenvalue weighted by Gasteiger charge is 2.37.